The molecule has 1 N–H and O–H groups in total. The van der Waals surface area contributed by atoms with E-state index >= 15 is 0 Å². The third-order valence-electron chi connectivity index (χ3n) is 3.72. The number of ketones is 1. The Morgan fingerprint density at radius 1 is 1.15 bits per heavy atom. The first-order chi connectivity index (χ1) is 9.45. The molecule has 1 amide bonds. The lowest BCUT2D eigenvalue weighted by atomic mass is 10.1. The van der Waals surface area contributed by atoms with Crippen molar-refractivity contribution in [2.45, 2.75) is 33.6 Å². The van der Waals surface area contributed by atoms with Crippen LogP contribution in [0.3, 0.4) is 0 Å². The zero-order chi connectivity index (χ0) is 14.7. The molecule has 1 saturated heterocycles. The van der Waals surface area contributed by atoms with Crippen LogP contribution in [0, 0.1) is 20.8 Å². The van der Waals surface area contributed by atoms with E-state index in [0.717, 1.165) is 16.8 Å². The van der Waals surface area contributed by atoms with Crippen LogP contribution in [0.1, 0.15) is 29.5 Å². The van der Waals surface area contributed by atoms with E-state index in [-0.39, 0.29) is 5.91 Å². The highest BCUT2D eigenvalue weighted by atomic mass is 16.2. The summed E-state index contributed by atoms with van der Waals surface area (Å²) in [4.78, 5) is 25.3. The van der Waals surface area contributed by atoms with Crippen molar-refractivity contribution in [3.05, 3.63) is 28.8 Å². The summed E-state index contributed by atoms with van der Waals surface area (Å²) in [5.74, 6) is 0.293. The van der Waals surface area contributed by atoms with Gasteiger partial charge >= 0.3 is 0 Å². The lowest BCUT2D eigenvalue weighted by molar-refractivity contribution is -0.124. The van der Waals surface area contributed by atoms with Gasteiger partial charge in [0.25, 0.3) is 0 Å². The van der Waals surface area contributed by atoms with Gasteiger partial charge in [-0.2, -0.15) is 0 Å². The van der Waals surface area contributed by atoms with Crippen molar-refractivity contribution in [3.63, 3.8) is 0 Å². The van der Waals surface area contributed by atoms with Gasteiger partial charge in [-0.05, 0) is 31.9 Å². The molecule has 0 spiro atoms. The van der Waals surface area contributed by atoms with Crippen molar-refractivity contribution in [1.29, 1.82) is 0 Å². The second-order valence-corrected chi connectivity index (χ2v) is 5.64. The number of Topliss-reactive ketones (excluding diaryl/α,β-unsaturated/α-hetero) is 1. The van der Waals surface area contributed by atoms with E-state index in [0.29, 0.717) is 38.3 Å². The molecule has 4 nitrogen and oxygen atoms in total. The fourth-order valence-electron chi connectivity index (χ4n) is 2.72. The van der Waals surface area contributed by atoms with Crippen molar-refractivity contribution < 1.29 is 9.59 Å². The summed E-state index contributed by atoms with van der Waals surface area (Å²) in [7, 11) is 0. The average Bonchev–Trinajstić information content (AvgIpc) is 2.36. The third-order valence-corrected chi connectivity index (χ3v) is 3.72. The monoisotopic (exact) mass is 274 g/mol. The van der Waals surface area contributed by atoms with Crippen molar-refractivity contribution in [3.8, 4) is 0 Å². The number of aryl methyl sites for hydroxylation is 3. The Labute approximate surface area is 120 Å². The van der Waals surface area contributed by atoms with Crippen molar-refractivity contribution in [2.75, 3.05) is 25.0 Å². The van der Waals surface area contributed by atoms with Gasteiger partial charge in [-0.1, -0.05) is 17.7 Å². The van der Waals surface area contributed by atoms with E-state index in [2.05, 4.69) is 24.4 Å². The van der Waals surface area contributed by atoms with E-state index < -0.39 is 0 Å². The maximum absolute atomic E-state index is 12.1. The molecule has 1 aliphatic rings. The van der Waals surface area contributed by atoms with Gasteiger partial charge in [-0.25, -0.2) is 0 Å². The zero-order valence-corrected chi connectivity index (χ0v) is 12.5. The van der Waals surface area contributed by atoms with Crippen LogP contribution in [0.15, 0.2) is 12.1 Å². The van der Waals surface area contributed by atoms with Crippen molar-refractivity contribution >= 4 is 17.4 Å². The van der Waals surface area contributed by atoms with Crippen LogP contribution >= 0.6 is 0 Å². The lowest BCUT2D eigenvalue weighted by Gasteiger charge is -2.25. The van der Waals surface area contributed by atoms with Crippen LogP contribution in [-0.4, -0.2) is 36.2 Å². The van der Waals surface area contributed by atoms with E-state index in [9.17, 15) is 9.59 Å². The molecule has 0 unspecified atom stereocenters. The summed E-state index contributed by atoms with van der Waals surface area (Å²) in [5.41, 5.74) is 4.29. The molecule has 1 fully saturated rings. The van der Waals surface area contributed by atoms with Crippen LogP contribution in [0.25, 0.3) is 0 Å². The number of amides is 1. The number of hydrogen-bond donors (Lipinski definition) is 1. The van der Waals surface area contributed by atoms with E-state index in [1.54, 1.807) is 0 Å². The molecule has 2 rings (SSSR count). The normalized spacial score (nSPS) is 16.2. The second kappa shape index (κ2) is 6.18. The van der Waals surface area contributed by atoms with Crippen LogP contribution in [0.2, 0.25) is 0 Å². The number of carbonyl (C=O) groups excluding carboxylic acids is 2. The second-order valence-electron chi connectivity index (χ2n) is 5.64. The Hall–Kier alpha value is -1.68. The van der Waals surface area contributed by atoms with Gasteiger partial charge in [0.05, 0.1) is 6.54 Å². The zero-order valence-electron chi connectivity index (χ0n) is 12.5. The van der Waals surface area contributed by atoms with E-state index in [1.165, 1.54) is 5.56 Å². The molecular weight excluding hydrogens is 252 g/mol. The minimum atomic E-state index is -0.00518. The quantitative estimate of drug-likeness (QED) is 0.919. The summed E-state index contributed by atoms with van der Waals surface area (Å²) in [6, 6.07) is 4.14. The number of likely N-dealkylation sites (tertiary alicyclic amines) is 1. The fourth-order valence-corrected chi connectivity index (χ4v) is 2.72. The van der Waals surface area contributed by atoms with Crippen molar-refractivity contribution in [2.24, 2.45) is 0 Å². The molecule has 1 aliphatic heterocycles. The Bertz CT molecular complexity index is 504. The number of benzene rings is 1. The SMILES string of the molecule is Cc1cc(C)c(NC(=O)CN2CCC(=O)CC2)c(C)c1. The minimum absolute atomic E-state index is 0.00518. The number of nitrogens with zero attached hydrogens (tertiary/aromatic N) is 1. The first kappa shape index (κ1) is 14.7. The van der Waals surface area contributed by atoms with Gasteiger partial charge in [0.15, 0.2) is 0 Å². The number of piperidine rings is 1. The molecule has 0 saturated carbocycles. The smallest absolute Gasteiger partial charge is 0.238 e. The largest absolute Gasteiger partial charge is 0.324 e. The number of hydrogen-bond acceptors (Lipinski definition) is 3. The van der Waals surface area contributed by atoms with Gasteiger partial charge in [0.2, 0.25) is 5.91 Å². The van der Waals surface area contributed by atoms with Gasteiger partial charge in [0, 0.05) is 31.6 Å². The topological polar surface area (TPSA) is 49.4 Å². The van der Waals surface area contributed by atoms with Crippen LogP contribution in [-0.2, 0) is 9.59 Å². The summed E-state index contributed by atoms with van der Waals surface area (Å²) in [6.45, 7) is 7.82. The molecule has 1 heterocycles. The Morgan fingerprint density at radius 3 is 2.25 bits per heavy atom. The van der Waals surface area contributed by atoms with Crippen LogP contribution in [0.5, 0.6) is 0 Å². The Balaban J connectivity index is 1.96. The van der Waals surface area contributed by atoms with Crippen LogP contribution < -0.4 is 5.32 Å². The van der Waals surface area contributed by atoms with Gasteiger partial charge in [0.1, 0.15) is 5.78 Å². The summed E-state index contributed by atoms with van der Waals surface area (Å²) < 4.78 is 0. The highest BCUT2D eigenvalue weighted by molar-refractivity contribution is 5.94. The van der Waals surface area contributed by atoms with E-state index in [4.69, 9.17) is 0 Å². The molecule has 1 aromatic rings. The standard InChI is InChI=1S/C16H22N2O2/c1-11-8-12(2)16(13(3)9-11)17-15(20)10-18-6-4-14(19)5-7-18/h8-9H,4-7,10H2,1-3H3,(H,17,20). The van der Waals surface area contributed by atoms with Gasteiger partial charge in [-0.15, -0.1) is 0 Å². The molecular formula is C16H22N2O2. The molecule has 0 radical (unpaired) electrons. The number of rotatable bonds is 3. The molecule has 0 aromatic heterocycles. The summed E-state index contributed by atoms with van der Waals surface area (Å²) in [6.07, 6.45) is 1.13. The molecule has 108 valence electrons. The molecule has 0 atom stereocenters. The molecule has 1 aromatic carbocycles. The molecule has 0 aliphatic carbocycles. The fraction of sp³-hybridized carbons (Fsp3) is 0.500. The van der Waals surface area contributed by atoms with Gasteiger partial charge < -0.3 is 5.32 Å². The third kappa shape index (κ3) is 3.67. The molecule has 4 heteroatoms. The highest BCUT2D eigenvalue weighted by Crippen LogP contribution is 2.21. The average molecular weight is 274 g/mol. The predicted octanol–water partition coefficient (Wildman–Crippen LogP) is 2.22. The molecule has 20 heavy (non-hydrogen) atoms. The van der Waals surface area contributed by atoms with Gasteiger partial charge in [-0.3, -0.25) is 14.5 Å². The molecule has 0 bridgehead atoms. The summed E-state index contributed by atoms with van der Waals surface area (Å²) in [5, 5.41) is 3.00. The summed E-state index contributed by atoms with van der Waals surface area (Å²) >= 11 is 0. The number of anilines is 1. The maximum Gasteiger partial charge on any atom is 0.238 e. The minimum Gasteiger partial charge on any atom is -0.324 e. The maximum atomic E-state index is 12.1. The lowest BCUT2D eigenvalue weighted by Crippen LogP contribution is -2.39. The highest BCUT2D eigenvalue weighted by Gasteiger charge is 2.18. The first-order valence-corrected chi connectivity index (χ1v) is 7.07. The first-order valence-electron chi connectivity index (χ1n) is 7.07. The van der Waals surface area contributed by atoms with Crippen LogP contribution in [0.4, 0.5) is 5.69 Å². The Morgan fingerprint density at radius 2 is 1.70 bits per heavy atom. The van der Waals surface area contributed by atoms with Crippen molar-refractivity contribution in [1.82, 2.24) is 4.90 Å². The number of nitrogens with one attached hydrogen (secondary N) is 1. The predicted molar refractivity (Wildman–Crippen MR) is 80.0 cm³/mol. The Kier molecular flexibility index (Phi) is 4.55. The van der Waals surface area contributed by atoms with E-state index in [1.807, 2.05) is 18.7 Å². The number of carbonyl (C=O) groups is 2.